The van der Waals surface area contributed by atoms with E-state index in [2.05, 4.69) is 0 Å². The molecule has 2 spiro atoms. The molecular weight excluding hydrogens is 384 g/mol. The maximum absolute atomic E-state index is 13.3. The molecule has 158 valence electrons. The van der Waals surface area contributed by atoms with Gasteiger partial charge in [0, 0.05) is 6.42 Å². The first-order chi connectivity index (χ1) is 13.4. The average Bonchev–Trinajstić information content (AvgIpc) is 3.31. The SMILES string of the molecule is C[C@@H]1C(=O)O[C@@H]2CC34C5CC(C(C)(C)C)C36C(OC(=O)C6O)O[C@@]4(C(=O)O5)[C@@]12O. The minimum atomic E-state index is -1.97. The van der Waals surface area contributed by atoms with Gasteiger partial charge in [-0.2, -0.15) is 0 Å². The van der Waals surface area contributed by atoms with Crippen molar-refractivity contribution >= 4 is 17.9 Å². The second-order valence-corrected chi connectivity index (χ2v) is 10.6. The Labute approximate surface area is 166 Å². The molecule has 6 rings (SSSR count). The van der Waals surface area contributed by atoms with Crippen molar-refractivity contribution in [2.45, 2.75) is 76.3 Å². The molecule has 4 saturated heterocycles. The molecule has 29 heavy (non-hydrogen) atoms. The van der Waals surface area contributed by atoms with E-state index in [9.17, 15) is 24.6 Å². The monoisotopic (exact) mass is 408 g/mol. The van der Waals surface area contributed by atoms with Crippen LogP contribution in [0.3, 0.4) is 0 Å². The number of rotatable bonds is 0. The normalized spacial score (nSPS) is 59.2. The molecule has 2 saturated carbocycles. The Morgan fingerprint density at radius 1 is 1.03 bits per heavy atom. The smallest absolute Gasteiger partial charge is 0.342 e. The van der Waals surface area contributed by atoms with Gasteiger partial charge in [0.25, 0.3) is 0 Å². The number of carbonyl (C=O) groups is 3. The molecule has 9 heteroatoms. The van der Waals surface area contributed by atoms with E-state index < -0.39 is 70.5 Å². The van der Waals surface area contributed by atoms with Gasteiger partial charge in [-0.25, -0.2) is 9.59 Å². The lowest BCUT2D eigenvalue weighted by Crippen LogP contribution is -2.66. The minimum absolute atomic E-state index is 0.0623. The van der Waals surface area contributed by atoms with Gasteiger partial charge in [0.15, 0.2) is 11.7 Å². The molecule has 2 aliphatic carbocycles. The Balaban J connectivity index is 1.68. The fourth-order valence-corrected chi connectivity index (χ4v) is 8.06. The summed E-state index contributed by atoms with van der Waals surface area (Å²) >= 11 is 0. The molecule has 0 aromatic heterocycles. The third kappa shape index (κ3) is 1.35. The lowest BCUT2D eigenvalue weighted by Gasteiger charge is -2.46. The fourth-order valence-electron chi connectivity index (χ4n) is 8.06. The van der Waals surface area contributed by atoms with Gasteiger partial charge in [-0.3, -0.25) is 4.79 Å². The van der Waals surface area contributed by atoms with Gasteiger partial charge >= 0.3 is 17.9 Å². The number of ether oxygens (including phenoxy) is 4. The molecular formula is C20H24O9. The van der Waals surface area contributed by atoms with Gasteiger partial charge in [-0.15, -0.1) is 0 Å². The van der Waals surface area contributed by atoms with Crippen molar-refractivity contribution in [2.24, 2.45) is 28.1 Å². The van der Waals surface area contributed by atoms with E-state index in [0.29, 0.717) is 6.42 Å². The predicted octanol–water partition coefficient (Wildman–Crippen LogP) is -0.340. The standard InChI is InChI=1S/C20H24O9/c1-7-12(22)26-10-6-17-9-5-8(16(2,3)4)18(17)11(21)13(23)28-15(18)29-20(17,14(24)27-9)19(7,10)25/h7-11,15,21,25H,5-6H2,1-4H3/t7-,8?,9?,10-,11?,15?,17?,18?,19-,20-/m1/s1. The molecule has 6 fully saturated rings. The second kappa shape index (κ2) is 4.48. The van der Waals surface area contributed by atoms with Crippen molar-refractivity contribution in [3.63, 3.8) is 0 Å². The maximum atomic E-state index is 13.3. The van der Waals surface area contributed by atoms with Crippen LogP contribution in [-0.2, 0) is 33.3 Å². The number of aliphatic hydroxyl groups is 2. The first kappa shape index (κ1) is 18.1. The molecule has 9 nitrogen and oxygen atoms in total. The molecule has 6 aliphatic rings. The van der Waals surface area contributed by atoms with Crippen LogP contribution < -0.4 is 0 Å². The molecule has 0 radical (unpaired) electrons. The first-order valence-electron chi connectivity index (χ1n) is 10.1. The number of carbonyl (C=O) groups excluding carboxylic acids is 3. The van der Waals surface area contributed by atoms with E-state index in [0.717, 1.165) is 0 Å². The van der Waals surface area contributed by atoms with Crippen LogP contribution in [0.4, 0.5) is 0 Å². The summed E-state index contributed by atoms with van der Waals surface area (Å²) in [5.41, 5.74) is -6.81. The van der Waals surface area contributed by atoms with Crippen molar-refractivity contribution in [1.29, 1.82) is 0 Å². The fraction of sp³-hybridized carbons (Fsp3) is 0.850. The van der Waals surface area contributed by atoms with Crippen molar-refractivity contribution < 1.29 is 43.5 Å². The van der Waals surface area contributed by atoms with E-state index in [1.165, 1.54) is 6.92 Å². The molecule has 0 aromatic carbocycles. The quantitative estimate of drug-likeness (QED) is 0.408. The second-order valence-electron chi connectivity index (χ2n) is 10.6. The highest BCUT2D eigenvalue weighted by Gasteiger charge is 3.01. The van der Waals surface area contributed by atoms with Crippen LogP contribution in [0.25, 0.3) is 0 Å². The average molecular weight is 408 g/mol. The van der Waals surface area contributed by atoms with Crippen LogP contribution >= 0.6 is 0 Å². The van der Waals surface area contributed by atoms with Crippen LogP contribution in [0, 0.1) is 28.1 Å². The molecule has 0 bridgehead atoms. The Morgan fingerprint density at radius 3 is 2.38 bits per heavy atom. The summed E-state index contributed by atoms with van der Waals surface area (Å²) in [6.45, 7) is 7.47. The zero-order valence-electron chi connectivity index (χ0n) is 16.6. The minimum Gasteiger partial charge on any atom is -0.459 e. The van der Waals surface area contributed by atoms with Crippen LogP contribution in [0.2, 0.25) is 0 Å². The zero-order valence-corrected chi connectivity index (χ0v) is 16.6. The van der Waals surface area contributed by atoms with Crippen molar-refractivity contribution in [3.8, 4) is 0 Å². The highest BCUT2D eigenvalue weighted by molar-refractivity contribution is 5.93. The number of esters is 3. The lowest BCUT2D eigenvalue weighted by molar-refractivity contribution is -0.238. The number of fused-ring (bicyclic) bond motifs is 1. The van der Waals surface area contributed by atoms with E-state index in [1.807, 2.05) is 20.8 Å². The summed E-state index contributed by atoms with van der Waals surface area (Å²) < 4.78 is 22.9. The van der Waals surface area contributed by atoms with Crippen LogP contribution in [0.15, 0.2) is 0 Å². The van der Waals surface area contributed by atoms with E-state index >= 15 is 0 Å². The van der Waals surface area contributed by atoms with E-state index in [4.69, 9.17) is 18.9 Å². The van der Waals surface area contributed by atoms with Gasteiger partial charge < -0.3 is 29.2 Å². The van der Waals surface area contributed by atoms with Crippen LogP contribution in [-0.4, -0.2) is 63.9 Å². The summed E-state index contributed by atoms with van der Waals surface area (Å²) in [6.07, 6.45) is -3.96. The summed E-state index contributed by atoms with van der Waals surface area (Å²) in [7, 11) is 0. The third-order valence-corrected chi connectivity index (χ3v) is 8.97. The molecule has 4 aliphatic heterocycles. The summed E-state index contributed by atoms with van der Waals surface area (Å²) in [5.74, 6) is -3.52. The molecule has 2 N–H and O–H groups in total. The summed E-state index contributed by atoms with van der Waals surface area (Å²) in [4.78, 5) is 38.1. The number of aliphatic hydroxyl groups excluding tert-OH is 1. The van der Waals surface area contributed by atoms with Crippen molar-refractivity contribution in [2.75, 3.05) is 0 Å². The maximum Gasteiger partial charge on any atom is 0.342 e. The van der Waals surface area contributed by atoms with Crippen molar-refractivity contribution in [1.82, 2.24) is 0 Å². The van der Waals surface area contributed by atoms with Gasteiger partial charge in [0.05, 0.1) is 16.7 Å². The topological polar surface area (TPSA) is 129 Å². The van der Waals surface area contributed by atoms with Gasteiger partial charge in [0.2, 0.25) is 11.9 Å². The molecule has 6 unspecified atom stereocenters. The predicted molar refractivity (Wildman–Crippen MR) is 90.6 cm³/mol. The highest BCUT2D eigenvalue weighted by atomic mass is 16.8. The largest absolute Gasteiger partial charge is 0.459 e. The first-order valence-corrected chi connectivity index (χ1v) is 10.1. The lowest BCUT2D eigenvalue weighted by atomic mass is 9.51. The van der Waals surface area contributed by atoms with Gasteiger partial charge in [-0.05, 0) is 24.7 Å². The van der Waals surface area contributed by atoms with Gasteiger partial charge in [-0.1, -0.05) is 20.8 Å². The summed E-state index contributed by atoms with van der Waals surface area (Å²) in [6, 6.07) is 0. The highest BCUT2D eigenvalue weighted by Crippen LogP contribution is 2.84. The number of hydrogen-bond acceptors (Lipinski definition) is 9. The summed E-state index contributed by atoms with van der Waals surface area (Å²) in [5, 5.41) is 23.0. The van der Waals surface area contributed by atoms with E-state index in [1.54, 1.807) is 0 Å². The Kier molecular flexibility index (Phi) is 2.79. The van der Waals surface area contributed by atoms with Gasteiger partial charge in [0.1, 0.15) is 12.2 Å². The van der Waals surface area contributed by atoms with Crippen LogP contribution in [0.1, 0.15) is 40.5 Å². The Hall–Kier alpha value is -1.71. The van der Waals surface area contributed by atoms with Crippen molar-refractivity contribution in [3.05, 3.63) is 0 Å². The molecule has 4 heterocycles. The van der Waals surface area contributed by atoms with Crippen LogP contribution in [0.5, 0.6) is 0 Å². The molecule has 0 aromatic rings. The van der Waals surface area contributed by atoms with E-state index in [-0.39, 0.29) is 17.8 Å². The third-order valence-electron chi connectivity index (χ3n) is 8.97. The molecule has 10 atom stereocenters. The zero-order chi connectivity index (χ0) is 20.9. The Bertz CT molecular complexity index is 893. The number of hydrogen-bond donors (Lipinski definition) is 2. The molecule has 0 amide bonds. The Morgan fingerprint density at radius 2 is 1.72 bits per heavy atom.